The summed E-state index contributed by atoms with van der Waals surface area (Å²) in [5.74, 6) is -0.0640. The summed E-state index contributed by atoms with van der Waals surface area (Å²) in [7, 11) is 0. The molecule has 0 aromatic rings. The Morgan fingerprint density at radius 3 is 1.18 bits per heavy atom. The van der Waals surface area contributed by atoms with Crippen LogP contribution >= 0.6 is 0 Å². The minimum absolute atomic E-state index is 0.0115. The Morgan fingerprint density at radius 1 is 0.450 bits per heavy atom. The molecule has 0 aliphatic rings. The Morgan fingerprint density at radius 2 is 0.783 bits per heavy atom. The standard InChI is InChI=1S/C54H103NO5/c1-3-5-7-9-11-13-15-17-24-28-32-36-40-44-48-54(59)60-49-45-41-37-33-29-25-21-19-18-20-23-27-31-35-39-43-47-53(58)55-51(50-56)52(57)46-42-38-34-30-26-22-16-14-12-10-8-6-4-2/h15,17-18,20,51-52,56-57H,3-14,16,19,21-50H2,1-2H3,(H,55,58)/b17-15-,20-18-. The van der Waals surface area contributed by atoms with E-state index in [2.05, 4.69) is 43.5 Å². The lowest BCUT2D eigenvalue weighted by molar-refractivity contribution is -0.143. The number of rotatable bonds is 49. The van der Waals surface area contributed by atoms with Crippen LogP contribution in [0.5, 0.6) is 0 Å². The van der Waals surface area contributed by atoms with Crippen molar-refractivity contribution < 1.29 is 24.5 Å². The number of nitrogens with one attached hydrogen (secondary N) is 1. The van der Waals surface area contributed by atoms with Crippen LogP contribution in [0.25, 0.3) is 0 Å². The van der Waals surface area contributed by atoms with E-state index in [0.29, 0.717) is 25.9 Å². The van der Waals surface area contributed by atoms with Gasteiger partial charge in [0.2, 0.25) is 5.91 Å². The van der Waals surface area contributed by atoms with Crippen molar-refractivity contribution in [2.45, 2.75) is 296 Å². The van der Waals surface area contributed by atoms with Gasteiger partial charge in [-0.05, 0) is 77.0 Å². The second kappa shape index (κ2) is 50.0. The van der Waals surface area contributed by atoms with E-state index in [9.17, 15) is 19.8 Å². The zero-order valence-electron chi connectivity index (χ0n) is 40.2. The summed E-state index contributed by atoms with van der Waals surface area (Å²) in [4.78, 5) is 24.4. The van der Waals surface area contributed by atoms with Gasteiger partial charge in [0.05, 0.1) is 25.4 Å². The number of allylic oxidation sites excluding steroid dienone is 4. The molecule has 354 valence electrons. The van der Waals surface area contributed by atoms with Crippen LogP contribution in [0, 0.1) is 0 Å². The Labute approximate surface area is 373 Å². The maximum Gasteiger partial charge on any atom is 0.305 e. The molecule has 0 saturated heterocycles. The van der Waals surface area contributed by atoms with E-state index in [1.807, 2.05) is 0 Å². The topological polar surface area (TPSA) is 95.9 Å². The number of hydrogen-bond donors (Lipinski definition) is 3. The summed E-state index contributed by atoms with van der Waals surface area (Å²) in [5, 5.41) is 23.2. The van der Waals surface area contributed by atoms with Gasteiger partial charge in [-0.1, -0.05) is 218 Å². The molecule has 0 spiro atoms. The Kier molecular flexibility index (Phi) is 48.6. The largest absolute Gasteiger partial charge is 0.466 e. The first-order chi connectivity index (χ1) is 29.5. The molecule has 6 heteroatoms. The summed E-state index contributed by atoms with van der Waals surface area (Å²) in [6.07, 6.45) is 58.6. The zero-order valence-corrected chi connectivity index (χ0v) is 40.2. The van der Waals surface area contributed by atoms with Gasteiger partial charge in [-0.15, -0.1) is 0 Å². The Bertz CT molecular complexity index is 935. The lowest BCUT2D eigenvalue weighted by Crippen LogP contribution is -2.45. The summed E-state index contributed by atoms with van der Waals surface area (Å²) in [6, 6.07) is -0.553. The Hall–Kier alpha value is -1.66. The fourth-order valence-corrected chi connectivity index (χ4v) is 8.10. The number of esters is 1. The van der Waals surface area contributed by atoms with Gasteiger partial charge >= 0.3 is 5.97 Å². The van der Waals surface area contributed by atoms with E-state index in [4.69, 9.17) is 4.74 Å². The first-order valence-corrected chi connectivity index (χ1v) is 26.6. The smallest absolute Gasteiger partial charge is 0.305 e. The number of ether oxygens (including phenoxy) is 1. The maximum atomic E-state index is 12.4. The third-order valence-electron chi connectivity index (χ3n) is 12.2. The van der Waals surface area contributed by atoms with Crippen molar-refractivity contribution in [1.29, 1.82) is 0 Å². The monoisotopic (exact) mass is 846 g/mol. The van der Waals surface area contributed by atoms with E-state index < -0.39 is 12.1 Å². The van der Waals surface area contributed by atoms with Crippen molar-refractivity contribution >= 4 is 11.9 Å². The first-order valence-electron chi connectivity index (χ1n) is 26.6. The molecule has 0 rings (SSSR count). The van der Waals surface area contributed by atoms with Gasteiger partial charge in [-0.2, -0.15) is 0 Å². The predicted molar refractivity (Wildman–Crippen MR) is 260 cm³/mol. The van der Waals surface area contributed by atoms with Gasteiger partial charge in [0, 0.05) is 12.8 Å². The molecule has 0 aliphatic carbocycles. The van der Waals surface area contributed by atoms with Crippen LogP contribution < -0.4 is 5.32 Å². The molecule has 3 N–H and O–H groups in total. The van der Waals surface area contributed by atoms with Crippen LogP contribution in [0.3, 0.4) is 0 Å². The number of hydrogen-bond acceptors (Lipinski definition) is 5. The van der Waals surface area contributed by atoms with Crippen LogP contribution in [0.4, 0.5) is 0 Å². The molecule has 6 nitrogen and oxygen atoms in total. The molecule has 0 saturated carbocycles. The number of unbranched alkanes of at least 4 members (excludes halogenated alkanes) is 34. The molecule has 0 aromatic carbocycles. The molecule has 0 radical (unpaired) electrons. The van der Waals surface area contributed by atoms with Gasteiger partial charge in [-0.25, -0.2) is 0 Å². The molecule has 2 atom stereocenters. The van der Waals surface area contributed by atoms with E-state index in [1.165, 1.54) is 186 Å². The van der Waals surface area contributed by atoms with Gasteiger partial charge in [0.1, 0.15) is 0 Å². The van der Waals surface area contributed by atoms with Crippen molar-refractivity contribution in [2.75, 3.05) is 13.2 Å². The number of amides is 1. The summed E-state index contributed by atoms with van der Waals surface area (Å²) < 4.78 is 5.46. The highest BCUT2D eigenvalue weighted by Gasteiger charge is 2.20. The maximum absolute atomic E-state index is 12.4. The van der Waals surface area contributed by atoms with Crippen molar-refractivity contribution in [3.63, 3.8) is 0 Å². The van der Waals surface area contributed by atoms with Crippen molar-refractivity contribution in [3.8, 4) is 0 Å². The summed E-state index contributed by atoms with van der Waals surface area (Å²) in [6.45, 7) is 4.91. The van der Waals surface area contributed by atoms with Gasteiger partial charge < -0.3 is 20.3 Å². The molecule has 0 aliphatic heterocycles. The number of aliphatic hydroxyl groups excluding tert-OH is 2. The molecule has 0 bridgehead atoms. The second-order valence-electron chi connectivity index (χ2n) is 18.2. The summed E-state index contributed by atoms with van der Waals surface area (Å²) in [5.41, 5.74) is 0. The second-order valence-corrected chi connectivity index (χ2v) is 18.2. The molecular formula is C54H103NO5. The average Bonchev–Trinajstić information content (AvgIpc) is 3.25. The van der Waals surface area contributed by atoms with Crippen molar-refractivity contribution in [1.82, 2.24) is 5.32 Å². The third-order valence-corrected chi connectivity index (χ3v) is 12.2. The molecule has 0 aromatic heterocycles. The van der Waals surface area contributed by atoms with Crippen LogP contribution in [0.2, 0.25) is 0 Å². The van der Waals surface area contributed by atoms with Crippen LogP contribution in [-0.2, 0) is 14.3 Å². The number of carbonyl (C=O) groups is 2. The van der Waals surface area contributed by atoms with Crippen LogP contribution in [0.15, 0.2) is 24.3 Å². The highest BCUT2D eigenvalue weighted by atomic mass is 16.5. The molecule has 1 amide bonds. The quantitative estimate of drug-likeness (QED) is 0.0322. The molecule has 60 heavy (non-hydrogen) atoms. The minimum Gasteiger partial charge on any atom is -0.466 e. The number of aliphatic hydroxyl groups is 2. The lowest BCUT2D eigenvalue weighted by Gasteiger charge is -2.22. The average molecular weight is 846 g/mol. The van der Waals surface area contributed by atoms with E-state index >= 15 is 0 Å². The fourth-order valence-electron chi connectivity index (χ4n) is 8.10. The SMILES string of the molecule is CCCCCCC/C=C\CCCCCCCC(=O)OCCCCCCCCC/C=C\CCCCCCCC(=O)NC(CO)C(O)CCCCCCCCCCCCCCC. The number of carbonyl (C=O) groups excluding carboxylic acids is 2. The highest BCUT2D eigenvalue weighted by molar-refractivity contribution is 5.76. The lowest BCUT2D eigenvalue weighted by atomic mass is 10.0. The normalized spacial score (nSPS) is 12.8. The third kappa shape index (κ3) is 45.9. The minimum atomic E-state index is -0.674. The van der Waals surface area contributed by atoms with E-state index in [1.54, 1.807) is 0 Å². The molecule has 0 fully saturated rings. The zero-order chi connectivity index (χ0) is 43.7. The highest BCUT2D eigenvalue weighted by Crippen LogP contribution is 2.16. The van der Waals surface area contributed by atoms with Crippen molar-refractivity contribution in [2.24, 2.45) is 0 Å². The predicted octanol–water partition coefficient (Wildman–Crippen LogP) is 15.9. The van der Waals surface area contributed by atoms with Gasteiger partial charge in [0.25, 0.3) is 0 Å². The molecule has 0 heterocycles. The van der Waals surface area contributed by atoms with Crippen molar-refractivity contribution in [3.05, 3.63) is 24.3 Å². The Balaban J connectivity index is 3.47. The summed E-state index contributed by atoms with van der Waals surface area (Å²) >= 11 is 0. The molecular weight excluding hydrogens is 743 g/mol. The van der Waals surface area contributed by atoms with E-state index in [0.717, 1.165) is 64.2 Å². The first kappa shape index (κ1) is 58.3. The van der Waals surface area contributed by atoms with Crippen LogP contribution in [-0.4, -0.2) is 47.4 Å². The van der Waals surface area contributed by atoms with E-state index in [-0.39, 0.29) is 18.5 Å². The fraction of sp³-hybridized carbons (Fsp3) is 0.889. The van der Waals surface area contributed by atoms with Gasteiger partial charge in [0.15, 0.2) is 0 Å². The van der Waals surface area contributed by atoms with Crippen LogP contribution in [0.1, 0.15) is 284 Å². The molecule has 2 unspecified atom stereocenters. The van der Waals surface area contributed by atoms with Gasteiger partial charge in [-0.3, -0.25) is 9.59 Å².